The largest absolute Gasteiger partial charge is 0.368 e. The van der Waals surface area contributed by atoms with E-state index in [1.165, 1.54) is 0 Å². The number of benzene rings is 1. The molecule has 0 bridgehead atoms. The zero-order valence-electron chi connectivity index (χ0n) is 21.3. The van der Waals surface area contributed by atoms with Crippen molar-refractivity contribution in [3.8, 4) is 11.3 Å². The van der Waals surface area contributed by atoms with E-state index in [4.69, 9.17) is 4.98 Å². The van der Waals surface area contributed by atoms with Gasteiger partial charge in [0.2, 0.25) is 0 Å². The first-order chi connectivity index (χ1) is 18.0. The van der Waals surface area contributed by atoms with Gasteiger partial charge in [-0.25, -0.2) is 9.78 Å². The lowest BCUT2D eigenvalue weighted by Gasteiger charge is -2.32. The van der Waals surface area contributed by atoms with Crippen LogP contribution >= 0.6 is 0 Å². The zero-order valence-corrected chi connectivity index (χ0v) is 21.3. The van der Waals surface area contributed by atoms with Crippen molar-refractivity contribution >= 4 is 23.4 Å². The van der Waals surface area contributed by atoms with Crippen LogP contribution in [0.15, 0.2) is 60.9 Å². The second-order valence-corrected chi connectivity index (χ2v) is 8.99. The third-order valence-electron chi connectivity index (χ3n) is 6.30. The van der Waals surface area contributed by atoms with Gasteiger partial charge in [0.15, 0.2) is 0 Å². The van der Waals surface area contributed by atoms with Crippen molar-refractivity contribution in [2.75, 3.05) is 64.0 Å². The van der Waals surface area contributed by atoms with E-state index in [2.05, 4.69) is 43.1 Å². The Balaban J connectivity index is 1.38. The number of carbonyl (C=O) groups is 2. The van der Waals surface area contributed by atoms with Gasteiger partial charge in [-0.3, -0.25) is 14.7 Å². The average Bonchev–Trinajstić information content (AvgIpc) is 2.93. The molecular formula is C27H34N8O2. The van der Waals surface area contributed by atoms with E-state index in [1.807, 2.05) is 42.5 Å². The van der Waals surface area contributed by atoms with Gasteiger partial charge in [-0.1, -0.05) is 18.2 Å². The minimum Gasteiger partial charge on any atom is -0.368 e. The molecule has 0 atom stereocenters. The molecule has 3 aromatic rings. The Bertz CT molecular complexity index is 1180. The predicted octanol–water partition coefficient (Wildman–Crippen LogP) is 2.48. The molecular weight excluding hydrogens is 468 g/mol. The first-order valence-electron chi connectivity index (χ1n) is 12.4. The van der Waals surface area contributed by atoms with Crippen LogP contribution in [0.1, 0.15) is 15.9 Å². The van der Waals surface area contributed by atoms with E-state index in [0.29, 0.717) is 30.2 Å². The second kappa shape index (κ2) is 12.8. The molecule has 0 aliphatic carbocycles. The van der Waals surface area contributed by atoms with E-state index >= 15 is 0 Å². The van der Waals surface area contributed by atoms with Crippen molar-refractivity contribution in [1.82, 2.24) is 30.4 Å². The van der Waals surface area contributed by atoms with Crippen LogP contribution in [0.3, 0.4) is 0 Å². The Kier molecular flexibility index (Phi) is 9.01. The lowest BCUT2D eigenvalue weighted by Crippen LogP contribution is -2.45. The fourth-order valence-corrected chi connectivity index (χ4v) is 4.06. The molecule has 1 saturated heterocycles. The van der Waals surface area contributed by atoms with Gasteiger partial charge in [-0.15, -0.1) is 0 Å². The van der Waals surface area contributed by atoms with Crippen molar-refractivity contribution < 1.29 is 9.59 Å². The quantitative estimate of drug-likeness (QED) is 0.355. The first kappa shape index (κ1) is 26.1. The Morgan fingerprint density at radius 3 is 2.49 bits per heavy atom. The zero-order chi connectivity index (χ0) is 26.0. The van der Waals surface area contributed by atoms with Gasteiger partial charge in [0, 0.05) is 76.5 Å². The lowest BCUT2D eigenvalue weighted by molar-refractivity contribution is 0.0963. The summed E-state index contributed by atoms with van der Waals surface area (Å²) in [6.45, 7) is 6.18. The summed E-state index contributed by atoms with van der Waals surface area (Å²) >= 11 is 0. The molecule has 2 aromatic heterocycles. The Morgan fingerprint density at radius 2 is 1.78 bits per heavy atom. The van der Waals surface area contributed by atoms with Gasteiger partial charge in [-0.2, -0.15) is 0 Å². The Morgan fingerprint density at radius 1 is 1.00 bits per heavy atom. The van der Waals surface area contributed by atoms with Gasteiger partial charge in [0.05, 0.1) is 11.3 Å². The molecule has 3 heterocycles. The molecule has 1 aliphatic rings. The maximum absolute atomic E-state index is 12.4. The fraction of sp³-hybridized carbons (Fsp3) is 0.333. The molecule has 0 saturated carbocycles. The SMILES string of the molecule is CNC(=O)c1ccc(-c2ccc(NC(=O)NCc3cccnc3)cc2)nc1NCCN1CCN(C)CC1. The first-order valence-corrected chi connectivity index (χ1v) is 12.4. The van der Waals surface area contributed by atoms with Crippen molar-refractivity contribution in [2.45, 2.75) is 6.54 Å². The standard InChI is InChI=1S/C27H34N8O2/c1-28-26(36)23-9-10-24(33-25(23)30-12-13-35-16-14-34(2)15-17-35)21-5-7-22(8-6-21)32-27(37)31-19-20-4-3-11-29-18-20/h3-11,18H,12-17,19H2,1-2H3,(H,28,36)(H,30,33)(H2,31,32,37). The highest BCUT2D eigenvalue weighted by Gasteiger charge is 2.16. The number of amides is 3. The van der Waals surface area contributed by atoms with Crippen LogP contribution in [0, 0.1) is 0 Å². The molecule has 37 heavy (non-hydrogen) atoms. The van der Waals surface area contributed by atoms with Crippen LogP contribution in [0.4, 0.5) is 16.3 Å². The number of aromatic nitrogens is 2. The topological polar surface area (TPSA) is 115 Å². The number of hydrogen-bond acceptors (Lipinski definition) is 7. The number of nitrogens with one attached hydrogen (secondary N) is 4. The van der Waals surface area contributed by atoms with Crippen LogP contribution in [0.25, 0.3) is 11.3 Å². The average molecular weight is 503 g/mol. The number of carbonyl (C=O) groups excluding carboxylic acids is 2. The summed E-state index contributed by atoms with van der Waals surface area (Å²) in [4.78, 5) is 38.2. The predicted molar refractivity (Wildman–Crippen MR) is 146 cm³/mol. The number of nitrogens with zero attached hydrogens (tertiary/aromatic N) is 4. The summed E-state index contributed by atoms with van der Waals surface area (Å²) in [6, 6.07) is 14.5. The minimum absolute atomic E-state index is 0.182. The fourth-order valence-electron chi connectivity index (χ4n) is 4.06. The van der Waals surface area contributed by atoms with Crippen LogP contribution in [0.5, 0.6) is 0 Å². The lowest BCUT2D eigenvalue weighted by atomic mass is 10.1. The van der Waals surface area contributed by atoms with E-state index in [1.54, 1.807) is 25.5 Å². The van der Waals surface area contributed by atoms with Crippen molar-refractivity contribution in [3.63, 3.8) is 0 Å². The van der Waals surface area contributed by atoms with Crippen LogP contribution in [0.2, 0.25) is 0 Å². The monoisotopic (exact) mass is 502 g/mol. The Hall–Kier alpha value is -4.02. The molecule has 194 valence electrons. The molecule has 3 amide bonds. The molecule has 0 radical (unpaired) electrons. The van der Waals surface area contributed by atoms with Gasteiger partial charge >= 0.3 is 6.03 Å². The molecule has 4 N–H and O–H groups in total. The number of piperazine rings is 1. The summed E-state index contributed by atoms with van der Waals surface area (Å²) in [5, 5.41) is 11.7. The highest BCUT2D eigenvalue weighted by Crippen LogP contribution is 2.23. The van der Waals surface area contributed by atoms with Gasteiger partial charge in [0.1, 0.15) is 5.82 Å². The number of likely N-dealkylation sites (N-methyl/N-ethyl adjacent to an activating group) is 1. The second-order valence-electron chi connectivity index (χ2n) is 8.99. The van der Waals surface area contributed by atoms with Crippen LogP contribution < -0.4 is 21.3 Å². The molecule has 4 rings (SSSR count). The van der Waals surface area contributed by atoms with E-state index in [9.17, 15) is 9.59 Å². The highest BCUT2D eigenvalue weighted by atomic mass is 16.2. The third-order valence-corrected chi connectivity index (χ3v) is 6.30. The summed E-state index contributed by atoms with van der Waals surface area (Å²) in [7, 11) is 3.75. The number of anilines is 2. The summed E-state index contributed by atoms with van der Waals surface area (Å²) in [5.41, 5.74) is 3.72. The molecule has 1 aliphatic heterocycles. The maximum atomic E-state index is 12.4. The molecule has 1 aromatic carbocycles. The van der Waals surface area contributed by atoms with Crippen molar-refractivity contribution in [2.24, 2.45) is 0 Å². The van der Waals surface area contributed by atoms with Crippen LogP contribution in [-0.2, 0) is 6.54 Å². The molecule has 10 heteroatoms. The number of pyridine rings is 2. The Labute approximate surface area is 217 Å². The van der Waals surface area contributed by atoms with Crippen molar-refractivity contribution in [1.29, 1.82) is 0 Å². The van der Waals surface area contributed by atoms with Crippen LogP contribution in [-0.4, -0.2) is 85.1 Å². The van der Waals surface area contributed by atoms with E-state index in [0.717, 1.165) is 49.5 Å². The van der Waals surface area contributed by atoms with Gasteiger partial charge < -0.3 is 26.2 Å². The highest BCUT2D eigenvalue weighted by molar-refractivity contribution is 5.99. The van der Waals surface area contributed by atoms with Gasteiger partial charge in [0.25, 0.3) is 5.91 Å². The number of urea groups is 1. The maximum Gasteiger partial charge on any atom is 0.319 e. The third kappa shape index (κ3) is 7.48. The van der Waals surface area contributed by atoms with E-state index in [-0.39, 0.29) is 11.9 Å². The molecule has 10 nitrogen and oxygen atoms in total. The minimum atomic E-state index is -0.295. The number of hydrogen-bond donors (Lipinski definition) is 4. The smallest absolute Gasteiger partial charge is 0.319 e. The summed E-state index contributed by atoms with van der Waals surface area (Å²) in [6.07, 6.45) is 3.41. The number of rotatable bonds is 9. The van der Waals surface area contributed by atoms with Crippen molar-refractivity contribution in [3.05, 3.63) is 72.1 Å². The summed E-state index contributed by atoms with van der Waals surface area (Å²) in [5.74, 6) is 0.376. The molecule has 0 unspecified atom stereocenters. The summed E-state index contributed by atoms with van der Waals surface area (Å²) < 4.78 is 0. The van der Waals surface area contributed by atoms with Gasteiger partial charge in [-0.05, 0) is 42.9 Å². The molecule has 0 spiro atoms. The molecule has 1 fully saturated rings. The normalized spacial score (nSPS) is 14.1. The van der Waals surface area contributed by atoms with E-state index < -0.39 is 0 Å².